The Labute approximate surface area is 233 Å². The van der Waals surface area contributed by atoms with Crippen LogP contribution < -0.4 is 0 Å². The Balaban J connectivity index is 2.46. The highest BCUT2D eigenvalue weighted by atomic mass is 16.7. The molecule has 2 saturated heterocycles. The van der Waals surface area contributed by atoms with Crippen molar-refractivity contribution in [1.82, 2.24) is 4.90 Å². The first-order valence-corrected chi connectivity index (χ1v) is 14.2. The van der Waals surface area contributed by atoms with Crippen LogP contribution in [0.2, 0.25) is 0 Å². The van der Waals surface area contributed by atoms with E-state index < -0.39 is 59.7 Å². The van der Waals surface area contributed by atoms with E-state index in [-0.39, 0.29) is 49.5 Å². The summed E-state index contributed by atoms with van der Waals surface area (Å²) < 4.78 is 18.0. The second-order valence-corrected chi connectivity index (χ2v) is 12.5. The van der Waals surface area contributed by atoms with Crippen LogP contribution in [0.4, 0.5) is 0 Å². The molecular formula is C28H52N2O9. The fourth-order valence-electron chi connectivity index (χ4n) is 6.11. The van der Waals surface area contributed by atoms with Crippen molar-refractivity contribution in [2.75, 3.05) is 14.1 Å². The van der Waals surface area contributed by atoms with Gasteiger partial charge < -0.3 is 44.7 Å². The molecule has 5 N–H and O–H groups in total. The molecule has 0 amide bonds. The molecule has 11 heteroatoms. The Kier molecular flexibility index (Phi) is 11.8. The molecule has 228 valence electrons. The lowest BCUT2D eigenvalue weighted by atomic mass is 9.77. The van der Waals surface area contributed by atoms with E-state index in [1.807, 2.05) is 32.8 Å². The number of carbonyl (C=O) groups excluding carboxylic acids is 1. The van der Waals surface area contributed by atoms with Gasteiger partial charge in [-0.1, -0.05) is 32.9 Å². The van der Waals surface area contributed by atoms with Crippen LogP contribution in [0.1, 0.15) is 80.6 Å². The maximum Gasteiger partial charge on any atom is 0.309 e. The van der Waals surface area contributed by atoms with Gasteiger partial charge >= 0.3 is 5.97 Å². The molecule has 0 aromatic carbocycles. The minimum Gasteiger partial charge on any atom is -0.459 e. The Morgan fingerprint density at radius 3 is 2.26 bits per heavy atom. The highest BCUT2D eigenvalue weighted by Crippen LogP contribution is 2.36. The average Bonchev–Trinajstić information content (AvgIpc) is 2.85. The number of esters is 1. The molecule has 39 heavy (non-hydrogen) atoms. The van der Waals surface area contributed by atoms with Gasteiger partial charge in [-0.25, -0.2) is 0 Å². The van der Waals surface area contributed by atoms with Crippen molar-refractivity contribution in [2.45, 2.75) is 135 Å². The molecule has 0 spiro atoms. The molecule has 0 aromatic rings. The van der Waals surface area contributed by atoms with Gasteiger partial charge in [-0.3, -0.25) is 4.79 Å². The van der Waals surface area contributed by atoms with E-state index in [4.69, 9.17) is 14.2 Å². The van der Waals surface area contributed by atoms with Gasteiger partial charge in [-0.05, 0) is 72.9 Å². The van der Waals surface area contributed by atoms with E-state index in [0.717, 1.165) is 0 Å². The van der Waals surface area contributed by atoms with Crippen molar-refractivity contribution in [3.63, 3.8) is 0 Å². The molecule has 2 heterocycles. The van der Waals surface area contributed by atoms with Crippen LogP contribution >= 0.6 is 0 Å². The van der Waals surface area contributed by atoms with Gasteiger partial charge in [0.05, 0.1) is 35.5 Å². The quantitative estimate of drug-likeness (QED) is 0.195. The standard InChI is InChI=1S/C28H52N2O9/c1-10-21-28(7,35)23(32)18(5)19(29-36)11-12-27(6,34)24(15(2)13-16(3)25(33)38-21)39-26-22(31)20(30(8)9)14-17(4)37-26/h15-18,20-24,26,31-32,34-36H,10-14H2,1-9H3/b29-19-/t15-,16+,17+,18-,20-,21+,22+,23+,24+,26-,27+,28+/m0/s1. The zero-order valence-corrected chi connectivity index (χ0v) is 25.1. The molecule has 2 fully saturated rings. The van der Waals surface area contributed by atoms with E-state index in [1.165, 1.54) is 6.92 Å². The van der Waals surface area contributed by atoms with Crippen LogP contribution in [0, 0.1) is 17.8 Å². The predicted molar refractivity (Wildman–Crippen MR) is 145 cm³/mol. The maximum absolute atomic E-state index is 13.1. The third-order valence-corrected chi connectivity index (χ3v) is 8.71. The number of cyclic esters (lactones) is 1. The zero-order chi connectivity index (χ0) is 29.9. The van der Waals surface area contributed by atoms with E-state index in [0.29, 0.717) is 6.42 Å². The van der Waals surface area contributed by atoms with Crippen molar-refractivity contribution < 1.29 is 44.6 Å². The lowest BCUT2D eigenvalue weighted by molar-refractivity contribution is -0.294. The van der Waals surface area contributed by atoms with Gasteiger partial charge in [0, 0.05) is 12.0 Å². The fourth-order valence-corrected chi connectivity index (χ4v) is 6.11. The van der Waals surface area contributed by atoms with Crippen LogP contribution in [0.25, 0.3) is 0 Å². The summed E-state index contributed by atoms with van der Waals surface area (Å²) in [6.45, 7) is 11.8. The van der Waals surface area contributed by atoms with Crippen molar-refractivity contribution in [3.05, 3.63) is 0 Å². The molecular weight excluding hydrogens is 508 g/mol. The molecule has 11 nitrogen and oxygen atoms in total. The number of hydrogen-bond donors (Lipinski definition) is 5. The molecule has 0 aliphatic carbocycles. The second-order valence-electron chi connectivity index (χ2n) is 12.5. The number of nitrogens with zero attached hydrogens (tertiary/aromatic N) is 2. The van der Waals surface area contributed by atoms with Gasteiger partial charge in [0.1, 0.15) is 17.8 Å². The minimum atomic E-state index is -1.81. The Bertz CT molecular complexity index is 834. The smallest absolute Gasteiger partial charge is 0.309 e. The van der Waals surface area contributed by atoms with Crippen molar-refractivity contribution >= 4 is 11.7 Å². The SMILES string of the molecule is CC[C@H]1OC(=O)[C@H](C)C[C@H](C)[C@@H](O[C@@H]2O[C@H](C)C[C@H](N(C)C)[C@H]2O)[C@](C)(O)CC/C(=N/O)[C@H](C)[C@@H](O)[C@]1(C)O. The molecule has 0 unspecified atom stereocenters. The molecule has 2 aliphatic rings. The summed E-state index contributed by atoms with van der Waals surface area (Å²) in [6, 6.07) is -0.208. The maximum atomic E-state index is 13.1. The number of oxime groups is 1. The monoisotopic (exact) mass is 560 g/mol. The van der Waals surface area contributed by atoms with Gasteiger partial charge in [0.2, 0.25) is 0 Å². The van der Waals surface area contributed by atoms with E-state index in [1.54, 1.807) is 27.7 Å². The van der Waals surface area contributed by atoms with Crippen LogP contribution in [0.15, 0.2) is 5.16 Å². The van der Waals surface area contributed by atoms with Gasteiger partial charge in [-0.2, -0.15) is 0 Å². The Hall–Kier alpha value is -1.34. The summed E-state index contributed by atoms with van der Waals surface area (Å²) in [6.07, 6.45) is -4.08. The summed E-state index contributed by atoms with van der Waals surface area (Å²) in [4.78, 5) is 15.0. The number of likely N-dealkylation sites (N-methyl/N-ethyl adjacent to an activating group) is 1. The third-order valence-electron chi connectivity index (χ3n) is 8.71. The molecule has 0 saturated carbocycles. The van der Waals surface area contributed by atoms with Crippen LogP contribution in [0.5, 0.6) is 0 Å². The Morgan fingerprint density at radius 1 is 1.10 bits per heavy atom. The molecule has 2 aliphatic heterocycles. The number of hydrogen-bond acceptors (Lipinski definition) is 11. The van der Waals surface area contributed by atoms with Crippen LogP contribution in [0.3, 0.4) is 0 Å². The number of carbonyl (C=O) groups is 1. The highest BCUT2D eigenvalue weighted by molar-refractivity contribution is 5.86. The number of aliphatic hydroxyl groups is 4. The van der Waals surface area contributed by atoms with Crippen molar-refractivity contribution in [2.24, 2.45) is 22.9 Å². The fraction of sp³-hybridized carbons (Fsp3) is 0.929. The first-order chi connectivity index (χ1) is 18.0. The third kappa shape index (κ3) is 7.90. The lowest BCUT2D eigenvalue weighted by Gasteiger charge is -2.46. The van der Waals surface area contributed by atoms with Crippen molar-refractivity contribution in [3.8, 4) is 0 Å². The lowest BCUT2D eigenvalue weighted by Crippen LogP contribution is -2.58. The minimum absolute atomic E-state index is 0.0894. The number of aliphatic hydroxyl groups excluding tert-OH is 2. The largest absolute Gasteiger partial charge is 0.459 e. The highest BCUT2D eigenvalue weighted by Gasteiger charge is 2.48. The van der Waals surface area contributed by atoms with E-state index >= 15 is 0 Å². The summed E-state index contributed by atoms with van der Waals surface area (Å²) >= 11 is 0. The van der Waals surface area contributed by atoms with Crippen LogP contribution in [-0.2, 0) is 19.0 Å². The topological polar surface area (TPSA) is 162 Å². The Morgan fingerprint density at radius 2 is 1.72 bits per heavy atom. The van der Waals surface area contributed by atoms with Crippen LogP contribution in [-0.4, -0.2) is 110 Å². The first kappa shape index (κ1) is 33.9. The van der Waals surface area contributed by atoms with E-state index in [9.17, 15) is 30.4 Å². The summed E-state index contributed by atoms with van der Waals surface area (Å²) in [7, 11) is 3.76. The van der Waals surface area contributed by atoms with Crippen molar-refractivity contribution in [1.29, 1.82) is 0 Å². The number of rotatable bonds is 4. The molecule has 12 atom stereocenters. The summed E-state index contributed by atoms with van der Waals surface area (Å²) in [5, 5.41) is 58.3. The molecule has 0 radical (unpaired) electrons. The molecule has 0 aromatic heterocycles. The second kappa shape index (κ2) is 13.5. The average molecular weight is 561 g/mol. The molecule has 2 rings (SSSR count). The van der Waals surface area contributed by atoms with Gasteiger partial charge in [0.25, 0.3) is 0 Å². The number of ether oxygens (including phenoxy) is 3. The van der Waals surface area contributed by atoms with Gasteiger partial charge in [-0.15, -0.1) is 0 Å². The summed E-state index contributed by atoms with van der Waals surface area (Å²) in [5.41, 5.74) is -3.13. The summed E-state index contributed by atoms with van der Waals surface area (Å²) in [5.74, 6) is -2.34. The predicted octanol–water partition coefficient (Wildman–Crippen LogP) is 1.90. The zero-order valence-electron chi connectivity index (χ0n) is 25.1. The first-order valence-electron chi connectivity index (χ1n) is 14.2. The normalized spacial score (nSPS) is 46.6. The molecule has 0 bridgehead atoms. The van der Waals surface area contributed by atoms with E-state index in [2.05, 4.69) is 5.16 Å². The van der Waals surface area contributed by atoms with Gasteiger partial charge in [0.15, 0.2) is 6.29 Å².